The zero-order valence-electron chi connectivity index (χ0n) is 15.6. The maximum absolute atomic E-state index is 12.3. The molecule has 0 aliphatic carbocycles. The number of nitrogens with one attached hydrogen (secondary N) is 2. The Morgan fingerprint density at radius 3 is 2.60 bits per heavy atom. The number of hydrogen-bond acceptors (Lipinski definition) is 3. The molecular formula is C21H28N2O2. The van der Waals surface area contributed by atoms with Gasteiger partial charge in [-0.2, -0.15) is 0 Å². The van der Waals surface area contributed by atoms with Crippen molar-refractivity contribution in [2.75, 3.05) is 17.2 Å². The minimum atomic E-state index is -0.0288. The SMILES string of the molecule is CCc1cccc(C)c1NCCC(=O)Nc1ccccc1OC(C)C. The number of rotatable bonds is 8. The number of carbonyl (C=O) groups is 1. The van der Waals surface area contributed by atoms with Crippen molar-refractivity contribution in [1.29, 1.82) is 0 Å². The molecule has 2 aromatic rings. The molecule has 0 heterocycles. The molecular weight excluding hydrogens is 312 g/mol. The van der Waals surface area contributed by atoms with E-state index in [1.165, 1.54) is 11.1 Å². The van der Waals surface area contributed by atoms with Gasteiger partial charge in [-0.25, -0.2) is 0 Å². The van der Waals surface area contributed by atoms with Crippen molar-refractivity contribution in [3.05, 3.63) is 53.6 Å². The monoisotopic (exact) mass is 340 g/mol. The van der Waals surface area contributed by atoms with Gasteiger partial charge < -0.3 is 15.4 Å². The summed E-state index contributed by atoms with van der Waals surface area (Å²) in [5, 5.41) is 6.35. The highest BCUT2D eigenvalue weighted by atomic mass is 16.5. The number of hydrogen-bond donors (Lipinski definition) is 2. The van der Waals surface area contributed by atoms with Crippen LogP contribution in [0.5, 0.6) is 5.75 Å². The number of aryl methyl sites for hydroxylation is 2. The van der Waals surface area contributed by atoms with Gasteiger partial charge in [0.05, 0.1) is 11.8 Å². The average molecular weight is 340 g/mol. The molecule has 0 aliphatic heterocycles. The third-order valence-corrected chi connectivity index (χ3v) is 3.92. The lowest BCUT2D eigenvalue weighted by Gasteiger charge is -2.16. The molecule has 0 aliphatic rings. The highest BCUT2D eigenvalue weighted by Gasteiger charge is 2.09. The van der Waals surface area contributed by atoms with Crippen molar-refractivity contribution < 1.29 is 9.53 Å². The molecule has 0 saturated carbocycles. The highest BCUT2D eigenvalue weighted by molar-refractivity contribution is 5.92. The quantitative estimate of drug-likeness (QED) is 0.727. The summed E-state index contributed by atoms with van der Waals surface area (Å²) in [6, 6.07) is 13.8. The van der Waals surface area contributed by atoms with Crippen LogP contribution in [0.2, 0.25) is 0 Å². The summed E-state index contributed by atoms with van der Waals surface area (Å²) in [5.74, 6) is 0.671. The Labute approximate surface area is 150 Å². The molecule has 4 nitrogen and oxygen atoms in total. The highest BCUT2D eigenvalue weighted by Crippen LogP contribution is 2.25. The van der Waals surface area contributed by atoms with Crippen LogP contribution in [0, 0.1) is 6.92 Å². The average Bonchev–Trinajstić information content (AvgIpc) is 2.57. The van der Waals surface area contributed by atoms with E-state index < -0.39 is 0 Å². The molecule has 1 amide bonds. The van der Waals surface area contributed by atoms with Gasteiger partial charge in [0, 0.05) is 18.7 Å². The summed E-state index contributed by atoms with van der Waals surface area (Å²) >= 11 is 0. The van der Waals surface area contributed by atoms with Crippen LogP contribution in [-0.2, 0) is 11.2 Å². The molecule has 2 N–H and O–H groups in total. The smallest absolute Gasteiger partial charge is 0.226 e. The van der Waals surface area contributed by atoms with Crippen LogP contribution in [-0.4, -0.2) is 18.6 Å². The first-order valence-electron chi connectivity index (χ1n) is 8.89. The van der Waals surface area contributed by atoms with Gasteiger partial charge in [0.15, 0.2) is 0 Å². The van der Waals surface area contributed by atoms with Gasteiger partial charge in [-0.3, -0.25) is 4.79 Å². The fourth-order valence-corrected chi connectivity index (χ4v) is 2.72. The maximum atomic E-state index is 12.3. The summed E-state index contributed by atoms with van der Waals surface area (Å²) < 4.78 is 5.74. The van der Waals surface area contributed by atoms with Gasteiger partial charge in [0.1, 0.15) is 5.75 Å². The van der Waals surface area contributed by atoms with Gasteiger partial charge in [-0.15, -0.1) is 0 Å². The largest absolute Gasteiger partial charge is 0.489 e. The fraction of sp³-hybridized carbons (Fsp3) is 0.381. The van der Waals surface area contributed by atoms with Crippen molar-refractivity contribution in [1.82, 2.24) is 0 Å². The van der Waals surface area contributed by atoms with Crippen LogP contribution in [0.4, 0.5) is 11.4 Å². The molecule has 2 aromatic carbocycles. The Kier molecular flexibility index (Phi) is 6.87. The topological polar surface area (TPSA) is 50.4 Å². The molecule has 0 fully saturated rings. The predicted molar refractivity (Wildman–Crippen MR) is 104 cm³/mol. The second-order valence-electron chi connectivity index (χ2n) is 6.35. The molecule has 0 radical (unpaired) electrons. The van der Waals surface area contributed by atoms with Gasteiger partial charge in [0.25, 0.3) is 0 Å². The third kappa shape index (κ3) is 5.52. The Morgan fingerprint density at radius 1 is 1.12 bits per heavy atom. The minimum Gasteiger partial charge on any atom is -0.489 e. The molecule has 0 saturated heterocycles. The summed E-state index contributed by atoms with van der Waals surface area (Å²) in [7, 11) is 0. The Bertz CT molecular complexity index is 711. The lowest BCUT2D eigenvalue weighted by atomic mass is 10.1. The van der Waals surface area contributed by atoms with E-state index >= 15 is 0 Å². The van der Waals surface area contributed by atoms with Crippen molar-refractivity contribution >= 4 is 17.3 Å². The zero-order valence-corrected chi connectivity index (χ0v) is 15.6. The van der Waals surface area contributed by atoms with E-state index in [0.717, 1.165) is 12.1 Å². The molecule has 2 rings (SSSR count). The number of para-hydroxylation sites is 3. The normalized spacial score (nSPS) is 10.6. The molecule has 0 bridgehead atoms. The molecule has 134 valence electrons. The Balaban J connectivity index is 1.92. The van der Waals surface area contributed by atoms with Crippen LogP contribution in [0.1, 0.15) is 38.3 Å². The number of ether oxygens (including phenoxy) is 1. The maximum Gasteiger partial charge on any atom is 0.226 e. The van der Waals surface area contributed by atoms with Crippen molar-refractivity contribution in [2.24, 2.45) is 0 Å². The summed E-state index contributed by atoms with van der Waals surface area (Å²) in [6.45, 7) is 8.75. The molecule has 25 heavy (non-hydrogen) atoms. The standard InChI is InChI=1S/C21H28N2O2/c1-5-17-10-8-9-16(4)21(17)22-14-13-20(24)23-18-11-6-7-12-19(18)25-15(2)3/h6-12,15,22H,5,13-14H2,1-4H3,(H,23,24). The second-order valence-corrected chi connectivity index (χ2v) is 6.35. The lowest BCUT2D eigenvalue weighted by molar-refractivity contribution is -0.116. The first-order valence-corrected chi connectivity index (χ1v) is 8.89. The summed E-state index contributed by atoms with van der Waals surface area (Å²) in [5.41, 5.74) is 4.33. The number of carbonyl (C=O) groups excluding carboxylic acids is 1. The fourth-order valence-electron chi connectivity index (χ4n) is 2.72. The van der Waals surface area contributed by atoms with Gasteiger partial charge in [-0.1, -0.05) is 37.3 Å². The zero-order chi connectivity index (χ0) is 18.2. The number of anilines is 2. The van der Waals surface area contributed by atoms with E-state index in [9.17, 15) is 4.79 Å². The summed E-state index contributed by atoms with van der Waals surface area (Å²) in [6.07, 6.45) is 1.43. The molecule has 0 aromatic heterocycles. The van der Waals surface area contributed by atoms with E-state index in [0.29, 0.717) is 24.4 Å². The van der Waals surface area contributed by atoms with Crippen LogP contribution in [0.3, 0.4) is 0 Å². The van der Waals surface area contributed by atoms with Crippen LogP contribution in [0.25, 0.3) is 0 Å². The minimum absolute atomic E-state index is 0.0288. The number of amides is 1. The predicted octanol–water partition coefficient (Wildman–Crippen LogP) is 4.79. The third-order valence-electron chi connectivity index (χ3n) is 3.92. The Hall–Kier alpha value is -2.49. The van der Waals surface area contributed by atoms with Gasteiger partial charge >= 0.3 is 0 Å². The lowest BCUT2D eigenvalue weighted by Crippen LogP contribution is -2.18. The van der Waals surface area contributed by atoms with E-state index in [4.69, 9.17) is 4.74 Å². The molecule has 0 spiro atoms. The van der Waals surface area contributed by atoms with Gasteiger partial charge in [0.2, 0.25) is 5.91 Å². The van der Waals surface area contributed by atoms with Crippen LogP contribution in [0.15, 0.2) is 42.5 Å². The first-order chi connectivity index (χ1) is 12.0. The Morgan fingerprint density at radius 2 is 1.88 bits per heavy atom. The molecule has 0 atom stereocenters. The second kappa shape index (κ2) is 9.11. The van der Waals surface area contributed by atoms with E-state index in [-0.39, 0.29) is 12.0 Å². The first kappa shape index (κ1) is 18.8. The molecule has 0 unspecified atom stereocenters. The van der Waals surface area contributed by atoms with E-state index in [2.05, 4.69) is 42.7 Å². The summed E-state index contributed by atoms with van der Waals surface area (Å²) in [4.78, 5) is 12.3. The van der Waals surface area contributed by atoms with E-state index in [1.807, 2.05) is 38.1 Å². The van der Waals surface area contributed by atoms with Gasteiger partial charge in [-0.05, 0) is 50.5 Å². The molecule has 4 heteroatoms. The van der Waals surface area contributed by atoms with Crippen LogP contribution >= 0.6 is 0 Å². The van der Waals surface area contributed by atoms with E-state index in [1.54, 1.807) is 0 Å². The van der Waals surface area contributed by atoms with Crippen molar-refractivity contribution in [3.63, 3.8) is 0 Å². The van der Waals surface area contributed by atoms with Crippen molar-refractivity contribution in [2.45, 2.75) is 46.6 Å². The number of benzene rings is 2. The van der Waals surface area contributed by atoms with Crippen molar-refractivity contribution in [3.8, 4) is 5.75 Å². The van der Waals surface area contributed by atoms with Crippen LogP contribution < -0.4 is 15.4 Å².